The molecule has 2 rings (SSSR count). The molecule has 1 N–H and O–H groups in total. The Morgan fingerprint density at radius 2 is 1.52 bits per heavy atom. The van der Waals surface area contributed by atoms with Crippen LogP contribution in [0.25, 0.3) is 0 Å². The summed E-state index contributed by atoms with van der Waals surface area (Å²) in [5.41, 5.74) is 1.81. The molecule has 0 saturated heterocycles. The molecule has 0 spiro atoms. The van der Waals surface area contributed by atoms with E-state index in [1.54, 1.807) is 19.2 Å². The predicted molar refractivity (Wildman–Crippen MR) is 77.0 cm³/mol. The molecule has 0 saturated carbocycles. The van der Waals surface area contributed by atoms with Gasteiger partial charge in [0.05, 0.1) is 13.2 Å². The van der Waals surface area contributed by atoms with E-state index < -0.39 is 6.61 Å². The molecule has 0 aromatic heterocycles. The van der Waals surface area contributed by atoms with Gasteiger partial charge in [-0.05, 0) is 42.4 Å². The number of hydrogen-bond donors (Lipinski definition) is 1. The van der Waals surface area contributed by atoms with E-state index in [0.717, 1.165) is 16.9 Å². The van der Waals surface area contributed by atoms with Crippen molar-refractivity contribution >= 4 is 0 Å². The molecule has 5 heteroatoms. The Kier molecular flexibility index (Phi) is 5.11. The number of methoxy groups -OCH3 is 1. The number of rotatable bonds is 6. The third-order valence-electron chi connectivity index (χ3n) is 3.13. The molecule has 2 aromatic carbocycles. The second-order valence-electron chi connectivity index (χ2n) is 4.45. The van der Waals surface area contributed by atoms with Crippen molar-refractivity contribution in [2.45, 2.75) is 12.7 Å². The van der Waals surface area contributed by atoms with Gasteiger partial charge in [0.25, 0.3) is 0 Å². The Bertz CT molecular complexity index is 590. The van der Waals surface area contributed by atoms with Crippen molar-refractivity contribution in [3.05, 3.63) is 59.7 Å². The summed E-state index contributed by atoms with van der Waals surface area (Å²) in [6.45, 7) is -2.83. The van der Waals surface area contributed by atoms with Crippen LogP contribution in [-0.2, 0) is 0 Å². The van der Waals surface area contributed by atoms with Gasteiger partial charge in [0.1, 0.15) is 11.5 Å². The molecule has 0 aliphatic heterocycles. The lowest BCUT2D eigenvalue weighted by Crippen LogP contribution is -2.17. The summed E-state index contributed by atoms with van der Waals surface area (Å²) in [7, 11) is 3.41. The van der Waals surface area contributed by atoms with Crippen molar-refractivity contribution in [3.8, 4) is 11.5 Å². The van der Waals surface area contributed by atoms with Gasteiger partial charge in [-0.2, -0.15) is 8.78 Å². The minimum atomic E-state index is -2.83. The van der Waals surface area contributed by atoms with Crippen LogP contribution in [0.5, 0.6) is 11.5 Å². The summed E-state index contributed by atoms with van der Waals surface area (Å²) >= 11 is 0. The molecule has 0 radical (unpaired) electrons. The first-order valence-corrected chi connectivity index (χ1v) is 6.50. The van der Waals surface area contributed by atoms with Crippen LogP contribution in [-0.4, -0.2) is 20.8 Å². The molecule has 112 valence electrons. The zero-order valence-electron chi connectivity index (χ0n) is 11.8. The first-order chi connectivity index (χ1) is 10.1. The quantitative estimate of drug-likeness (QED) is 0.882. The number of hydrogen-bond acceptors (Lipinski definition) is 3. The molecule has 2 aromatic rings. The first-order valence-electron chi connectivity index (χ1n) is 6.50. The van der Waals surface area contributed by atoms with Crippen LogP contribution in [0.3, 0.4) is 0 Å². The van der Waals surface area contributed by atoms with Crippen LogP contribution in [0.15, 0.2) is 48.5 Å². The molecule has 3 nitrogen and oxygen atoms in total. The number of benzene rings is 2. The monoisotopic (exact) mass is 293 g/mol. The van der Waals surface area contributed by atoms with Gasteiger partial charge >= 0.3 is 6.61 Å². The summed E-state index contributed by atoms with van der Waals surface area (Å²) in [5.74, 6) is 0.887. The molecule has 0 bridgehead atoms. The smallest absolute Gasteiger partial charge is 0.387 e. The van der Waals surface area contributed by atoms with Crippen molar-refractivity contribution in [2.24, 2.45) is 0 Å². The summed E-state index contributed by atoms with van der Waals surface area (Å²) in [4.78, 5) is 0. The van der Waals surface area contributed by atoms with Crippen LogP contribution in [0, 0.1) is 0 Å². The van der Waals surface area contributed by atoms with Crippen molar-refractivity contribution in [1.82, 2.24) is 5.32 Å². The Morgan fingerprint density at radius 3 is 2.05 bits per heavy atom. The van der Waals surface area contributed by atoms with Gasteiger partial charge in [0.15, 0.2) is 0 Å². The van der Waals surface area contributed by atoms with E-state index in [1.807, 2.05) is 37.4 Å². The van der Waals surface area contributed by atoms with E-state index in [-0.39, 0.29) is 11.8 Å². The lowest BCUT2D eigenvalue weighted by Gasteiger charge is -2.18. The van der Waals surface area contributed by atoms with E-state index in [9.17, 15) is 8.78 Å². The van der Waals surface area contributed by atoms with Gasteiger partial charge in [-0.15, -0.1) is 0 Å². The Morgan fingerprint density at radius 1 is 0.952 bits per heavy atom. The third kappa shape index (κ3) is 3.92. The highest BCUT2D eigenvalue weighted by atomic mass is 19.3. The van der Waals surface area contributed by atoms with Crippen molar-refractivity contribution in [3.63, 3.8) is 0 Å². The highest BCUT2D eigenvalue weighted by Crippen LogP contribution is 2.27. The van der Waals surface area contributed by atoms with Gasteiger partial charge in [0, 0.05) is 0 Å². The minimum absolute atomic E-state index is 0.138. The number of halogens is 2. The Labute approximate surface area is 122 Å². The van der Waals surface area contributed by atoms with Crippen molar-refractivity contribution < 1.29 is 18.3 Å². The van der Waals surface area contributed by atoms with E-state index in [1.165, 1.54) is 6.07 Å². The summed E-state index contributed by atoms with van der Waals surface area (Å²) in [6, 6.07) is 14.1. The fourth-order valence-electron chi connectivity index (χ4n) is 2.22. The lowest BCUT2D eigenvalue weighted by molar-refractivity contribution is -0.0498. The molecular formula is C16H17F2NO2. The Balaban J connectivity index is 2.32. The molecule has 0 heterocycles. The normalized spacial score (nSPS) is 12.2. The fraction of sp³-hybridized carbons (Fsp3) is 0.250. The summed E-state index contributed by atoms with van der Waals surface area (Å²) in [6.07, 6.45) is 0. The van der Waals surface area contributed by atoms with E-state index in [4.69, 9.17) is 4.74 Å². The fourth-order valence-corrected chi connectivity index (χ4v) is 2.22. The van der Waals surface area contributed by atoms with Gasteiger partial charge < -0.3 is 14.8 Å². The van der Waals surface area contributed by atoms with Crippen molar-refractivity contribution in [2.75, 3.05) is 14.2 Å². The minimum Gasteiger partial charge on any atom is -0.497 e. The second-order valence-corrected chi connectivity index (χ2v) is 4.45. The maximum atomic E-state index is 12.3. The maximum Gasteiger partial charge on any atom is 0.387 e. The average Bonchev–Trinajstić information content (AvgIpc) is 2.48. The number of alkyl halides is 2. The van der Waals surface area contributed by atoms with Gasteiger partial charge in [-0.1, -0.05) is 24.3 Å². The average molecular weight is 293 g/mol. The molecule has 1 atom stereocenters. The van der Waals surface area contributed by atoms with Crippen LogP contribution < -0.4 is 14.8 Å². The molecule has 0 aliphatic rings. The Hall–Kier alpha value is -2.14. The zero-order chi connectivity index (χ0) is 15.2. The molecule has 0 aliphatic carbocycles. The van der Waals surface area contributed by atoms with Crippen LogP contribution >= 0.6 is 0 Å². The van der Waals surface area contributed by atoms with Gasteiger partial charge in [-0.3, -0.25) is 0 Å². The molecule has 21 heavy (non-hydrogen) atoms. The van der Waals surface area contributed by atoms with E-state index >= 15 is 0 Å². The molecule has 0 amide bonds. The van der Waals surface area contributed by atoms with Crippen LogP contribution in [0.2, 0.25) is 0 Å². The SMILES string of the molecule is CNC(c1cccc(OC)c1)c1cccc(OC(F)F)c1. The van der Waals surface area contributed by atoms with Crippen LogP contribution in [0.1, 0.15) is 17.2 Å². The van der Waals surface area contributed by atoms with Crippen LogP contribution in [0.4, 0.5) is 8.78 Å². The topological polar surface area (TPSA) is 30.5 Å². The lowest BCUT2D eigenvalue weighted by atomic mass is 9.98. The third-order valence-corrected chi connectivity index (χ3v) is 3.13. The van der Waals surface area contributed by atoms with E-state index in [2.05, 4.69) is 10.1 Å². The first kappa shape index (κ1) is 15.3. The van der Waals surface area contributed by atoms with Crippen molar-refractivity contribution in [1.29, 1.82) is 0 Å². The highest BCUT2D eigenvalue weighted by molar-refractivity contribution is 5.39. The highest BCUT2D eigenvalue weighted by Gasteiger charge is 2.14. The van der Waals surface area contributed by atoms with Gasteiger partial charge in [-0.25, -0.2) is 0 Å². The van der Waals surface area contributed by atoms with E-state index in [0.29, 0.717) is 0 Å². The summed E-state index contributed by atoms with van der Waals surface area (Å²) in [5, 5.41) is 3.17. The standard InChI is InChI=1S/C16H17F2NO2/c1-19-15(11-5-3-7-13(9-11)20-2)12-6-4-8-14(10-12)21-16(17)18/h3-10,15-16,19H,1-2H3. The van der Waals surface area contributed by atoms with Gasteiger partial charge in [0.2, 0.25) is 0 Å². The number of nitrogens with one attached hydrogen (secondary N) is 1. The largest absolute Gasteiger partial charge is 0.497 e. The summed E-state index contributed by atoms with van der Waals surface area (Å²) < 4.78 is 34.3. The predicted octanol–water partition coefficient (Wildman–Crippen LogP) is 3.61. The molecule has 0 fully saturated rings. The zero-order valence-corrected chi connectivity index (χ0v) is 11.8. The molecule has 1 unspecified atom stereocenters. The second kappa shape index (κ2) is 7.04. The maximum absolute atomic E-state index is 12.3. The number of ether oxygens (including phenoxy) is 2. The molecular weight excluding hydrogens is 276 g/mol.